The van der Waals surface area contributed by atoms with Gasteiger partial charge in [-0.15, -0.1) is 0 Å². The topological polar surface area (TPSA) is 116 Å². The van der Waals surface area contributed by atoms with Gasteiger partial charge in [-0.05, 0) is 59.3 Å². The van der Waals surface area contributed by atoms with Gasteiger partial charge in [-0.2, -0.15) is 5.90 Å². The largest absolute Gasteiger partial charge is 0.411 e. The maximum Gasteiger partial charge on any atom is 0.274 e. The molecule has 0 aliphatic carbocycles. The van der Waals surface area contributed by atoms with Crippen LogP contribution in [0.1, 0.15) is 37.8 Å². The van der Waals surface area contributed by atoms with Gasteiger partial charge in [0.1, 0.15) is 11.4 Å². The lowest BCUT2D eigenvalue weighted by molar-refractivity contribution is 0.0983. The second kappa shape index (κ2) is 9.10. The summed E-state index contributed by atoms with van der Waals surface area (Å²) < 4.78 is 0. The van der Waals surface area contributed by atoms with Crippen LogP contribution in [-0.4, -0.2) is 28.3 Å². The Morgan fingerprint density at radius 2 is 1.79 bits per heavy atom. The fraction of sp³-hybridized carbons (Fsp3) is 0.0667. The van der Waals surface area contributed by atoms with Crippen LogP contribution in [-0.2, 0) is 6.42 Å². The summed E-state index contributed by atoms with van der Waals surface area (Å²) in [6.45, 7) is 8.07. The van der Waals surface area contributed by atoms with Crippen LogP contribution in [0.2, 0.25) is 0 Å². The van der Waals surface area contributed by atoms with Crippen LogP contribution in [0.25, 0.3) is 33.8 Å². The lowest BCUT2D eigenvalue weighted by Crippen LogP contribution is -2.29. The Labute approximate surface area is 218 Å². The minimum absolute atomic E-state index is 0.149. The maximum atomic E-state index is 13.6. The standard InChI is InChI=1S/C30H25N5O3/c1-3-17-14-25(33-23(17)4-2)29(36)32-19-9-10-24-18(13-19)15-26(34-24)30(37)35-12-11-21-20-7-5-6-8-22(20)28(38-31)16-27(21)35/h3-10,13-16,33-34H,1-2,11-12,31H2,(H,32,36). The average Bonchev–Trinajstić information content (AvgIpc) is 3.68. The highest BCUT2D eigenvalue weighted by Gasteiger charge is 2.29. The van der Waals surface area contributed by atoms with Gasteiger partial charge in [0.05, 0.1) is 5.69 Å². The molecule has 0 atom stereocenters. The zero-order valence-corrected chi connectivity index (χ0v) is 20.5. The summed E-state index contributed by atoms with van der Waals surface area (Å²) in [5.74, 6) is 5.64. The quantitative estimate of drug-likeness (QED) is 0.224. The summed E-state index contributed by atoms with van der Waals surface area (Å²) >= 11 is 0. The molecule has 1 aliphatic heterocycles. The summed E-state index contributed by atoms with van der Waals surface area (Å²) in [5, 5.41) is 5.66. The normalized spacial score (nSPS) is 12.5. The van der Waals surface area contributed by atoms with Crippen molar-refractivity contribution in [1.82, 2.24) is 9.97 Å². The number of nitrogens with two attached hydrogens (primary N) is 1. The molecule has 0 unspecified atom stereocenters. The molecular weight excluding hydrogens is 478 g/mol. The van der Waals surface area contributed by atoms with Crippen LogP contribution in [0.15, 0.2) is 73.8 Å². The molecule has 6 rings (SSSR count). The third kappa shape index (κ3) is 3.75. The van der Waals surface area contributed by atoms with Gasteiger partial charge in [0.2, 0.25) is 0 Å². The predicted molar refractivity (Wildman–Crippen MR) is 151 cm³/mol. The number of fused-ring (bicyclic) bond motifs is 4. The Bertz CT molecular complexity index is 1750. The second-order valence-electron chi connectivity index (χ2n) is 9.14. The van der Waals surface area contributed by atoms with E-state index in [0.29, 0.717) is 29.4 Å². The van der Waals surface area contributed by atoms with Crippen molar-refractivity contribution in [2.24, 2.45) is 5.90 Å². The molecule has 8 nitrogen and oxygen atoms in total. The van der Waals surface area contributed by atoms with Crippen molar-refractivity contribution in [2.75, 3.05) is 16.8 Å². The first-order valence-electron chi connectivity index (χ1n) is 12.2. The summed E-state index contributed by atoms with van der Waals surface area (Å²) in [7, 11) is 0. The zero-order valence-electron chi connectivity index (χ0n) is 20.5. The van der Waals surface area contributed by atoms with Crippen molar-refractivity contribution >= 4 is 57.0 Å². The third-order valence-corrected chi connectivity index (χ3v) is 7.00. The summed E-state index contributed by atoms with van der Waals surface area (Å²) in [5.41, 5.74) is 5.68. The Morgan fingerprint density at radius 1 is 0.974 bits per heavy atom. The number of aromatic amines is 2. The highest BCUT2D eigenvalue weighted by atomic mass is 16.6. The molecule has 38 heavy (non-hydrogen) atoms. The Kier molecular flexibility index (Phi) is 5.58. The van der Waals surface area contributed by atoms with Gasteiger partial charge in [0.15, 0.2) is 5.75 Å². The van der Waals surface area contributed by atoms with Crippen molar-refractivity contribution < 1.29 is 14.4 Å². The van der Waals surface area contributed by atoms with Crippen LogP contribution >= 0.6 is 0 Å². The third-order valence-electron chi connectivity index (χ3n) is 7.00. The van der Waals surface area contributed by atoms with Crippen LogP contribution in [0, 0.1) is 0 Å². The van der Waals surface area contributed by atoms with Gasteiger partial charge in [-0.25, -0.2) is 0 Å². The minimum atomic E-state index is -0.286. The predicted octanol–water partition coefficient (Wildman–Crippen LogP) is 5.64. The molecule has 0 radical (unpaired) electrons. The van der Waals surface area contributed by atoms with Gasteiger partial charge < -0.3 is 25.0 Å². The van der Waals surface area contributed by atoms with Crippen molar-refractivity contribution in [3.8, 4) is 5.75 Å². The van der Waals surface area contributed by atoms with E-state index in [2.05, 4.69) is 28.4 Å². The molecule has 0 fully saturated rings. The van der Waals surface area contributed by atoms with Crippen molar-refractivity contribution in [3.63, 3.8) is 0 Å². The maximum absolute atomic E-state index is 13.6. The zero-order chi connectivity index (χ0) is 26.4. The molecule has 3 aromatic carbocycles. The van der Waals surface area contributed by atoms with E-state index in [1.54, 1.807) is 35.3 Å². The first-order chi connectivity index (χ1) is 18.5. The van der Waals surface area contributed by atoms with Crippen molar-refractivity contribution in [1.29, 1.82) is 0 Å². The van der Waals surface area contributed by atoms with E-state index in [9.17, 15) is 9.59 Å². The second-order valence-corrected chi connectivity index (χ2v) is 9.14. The van der Waals surface area contributed by atoms with Gasteiger partial charge >= 0.3 is 0 Å². The molecular formula is C30H25N5O3. The van der Waals surface area contributed by atoms with E-state index in [4.69, 9.17) is 10.7 Å². The molecule has 0 saturated carbocycles. The number of anilines is 2. The molecule has 1 aliphatic rings. The Morgan fingerprint density at radius 3 is 2.53 bits per heavy atom. The van der Waals surface area contributed by atoms with Crippen molar-refractivity contribution in [2.45, 2.75) is 6.42 Å². The fourth-order valence-electron chi connectivity index (χ4n) is 5.16. The first kappa shape index (κ1) is 23.3. The highest BCUT2D eigenvalue weighted by molar-refractivity contribution is 6.11. The SMILES string of the molecule is C=Cc1cc(C(=O)Nc2ccc3[nH]c(C(=O)N4CCc5c4cc(ON)c4ccccc54)cc3c2)[nH]c1C=C. The van der Waals surface area contributed by atoms with Gasteiger partial charge in [0, 0.05) is 40.3 Å². The van der Waals surface area contributed by atoms with Crippen LogP contribution in [0.4, 0.5) is 11.4 Å². The van der Waals surface area contributed by atoms with Crippen LogP contribution < -0.4 is 21.0 Å². The van der Waals surface area contributed by atoms with E-state index < -0.39 is 0 Å². The molecule has 0 spiro atoms. The molecule has 5 aromatic rings. The lowest BCUT2D eigenvalue weighted by atomic mass is 10.0. The van der Waals surface area contributed by atoms with Gasteiger partial charge in [0.25, 0.3) is 11.8 Å². The summed E-state index contributed by atoms with van der Waals surface area (Å²) in [6, 6.07) is 18.7. The molecule has 2 aromatic heterocycles. The number of carbonyl (C=O) groups excluding carboxylic acids is 2. The number of rotatable bonds is 6. The van der Waals surface area contributed by atoms with Gasteiger partial charge in [-0.1, -0.05) is 43.5 Å². The highest BCUT2D eigenvalue weighted by Crippen LogP contribution is 2.40. The number of hydrogen-bond donors (Lipinski definition) is 4. The smallest absolute Gasteiger partial charge is 0.274 e. The number of aromatic nitrogens is 2. The van der Waals surface area contributed by atoms with E-state index >= 15 is 0 Å². The monoisotopic (exact) mass is 503 g/mol. The molecule has 188 valence electrons. The Hall–Kier alpha value is -5.08. The van der Waals surface area contributed by atoms with E-state index in [0.717, 1.165) is 50.6 Å². The van der Waals surface area contributed by atoms with Crippen LogP contribution in [0.5, 0.6) is 5.75 Å². The molecule has 0 saturated heterocycles. The molecule has 5 N–H and O–H groups in total. The lowest BCUT2D eigenvalue weighted by Gasteiger charge is -2.18. The molecule has 0 bridgehead atoms. The number of nitrogens with zero attached hydrogens (tertiary/aromatic N) is 1. The number of H-pyrrole nitrogens is 2. The number of hydrogen-bond acceptors (Lipinski definition) is 4. The van der Waals surface area contributed by atoms with Crippen LogP contribution in [0.3, 0.4) is 0 Å². The molecule has 2 amide bonds. The minimum Gasteiger partial charge on any atom is -0.411 e. The number of nitrogens with one attached hydrogen (secondary N) is 3. The molecule has 8 heteroatoms. The average molecular weight is 504 g/mol. The van der Waals surface area contributed by atoms with E-state index in [1.807, 2.05) is 42.5 Å². The number of benzene rings is 3. The molecule has 3 heterocycles. The van der Waals surface area contributed by atoms with E-state index in [-0.39, 0.29) is 11.8 Å². The Balaban J connectivity index is 1.28. The fourth-order valence-corrected chi connectivity index (χ4v) is 5.16. The van der Waals surface area contributed by atoms with E-state index in [1.165, 1.54) is 0 Å². The van der Waals surface area contributed by atoms with Crippen molar-refractivity contribution in [3.05, 3.63) is 102 Å². The summed E-state index contributed by atoms with van der Waals surface area (Å²) in [6.07, 6.45) is 4.05. The van der Waals surface area contributed by atoms with Gasteiger partial charge in [-0.3, -0.25) is 9.59 Å². The number of carbonyl (C=O) groups is 2. The summed E-state index contributed by atoms with van der Waals surface area (Å²) in [4.78, 5) is 39.5. The number of amides is 2. The first-order valence-corrected chi connectivity index (χ1v) is 12.2.